The summed E-state index contributed by atoms with van der Waals surface area (Å²) >= 11 is 0. The van der Waals surface area contributed by atoms with Gasteiger partial charge in [-0.05, 0) is 41.5 Å². The van der Waals surface area contributed by atoms with E-state index in [9.17, 15) is 14.7 Å². The minimum atomic E-state index is -1.86. The lowest BCUT2D eigenvalue weighted by Gasteiger charge is -2.31. The predicted octanol–water partition coefficient (Wildman–Crippen LogP) is 4.65. The Labute approximate surface area is 222 Å². The van der Waals surface area contributed by atoms with Crippen LogP contribution in [0.3, 0.4) is 0 Å². The standard InChI is InChI=1S/C31H23N3O5/c1-2-31(37)25-14-26-28-22(16-34(26)29(35)24(25)17-38-30(31)36)12-20-8-5-9-21(27(20)33-28)15-32-39-23-11-10-18-6-3-4-7-19(18)13-23/h3-15,37H,2,16-17H2,1H3/b32-15+/t31-/m0/s1. The summed E-state index contributed by atoms with van der Waals surface area (Å²) < 4.78 is 6.78. The fraction of sp³-hybridized carbons (Fsp3) is 0.161. The molecule has 1 atom stereocenters. The number of aliphatic hydroxyl groups is 1. The van der Waals surface area contributed by atoms with Crippen LogP contribution in [0.1, 0.15) is 35.6 Å². The molecule has 8 heteroatoms. The summed E-state index contributed by atoms with van der Waals surface area (Å²) in [6.07, 6.45) is 1.72. The zero-order chi connectivity index (χ0) is 26.7. The number of cyclic esters (lactones) is 1. The molecule has 0 saturated heterocycles. The summed E-state index contributed by atoms with van der Waals surface area (Å²) in [5.41, 5.74) is 2.00. The van der Waals surface area contributed by atoms with E-state index in [1.165, 1.54) is 0 Å². The lowest BCUT2D eigenvalue weighted by molar-refractivity contribution is -0.172. The topological polar surface area (TPSA) is 103 Å². The molecule has 0 unspecified atom stereocenters. The molecule has 0 fully saturated rings. The van der Waals surface area contributed by atoms with E-state index >= 15 is 0 Å². The Kier molecular flexibility index (Phi) is 5.14. The van der Waals surface area contributed by atoms with Crippen LogP contribution in [-0.4, -0.2) is 26.8 Å². The fourth-order valence-corrected chi connectivity index (χ4v) is 5.50. The Bertz CT molecular complexity index is 1930. The number of carbonyl (C=O) groups is 1. The van der Waals surface area contributed by atoms with Gasteiger partial charge in [0.05, 0.1) is 35.2 Å². The van der Waals surface area contributed by atoms with E-state index in [4.69, 9.17) is 14.6 Å². The van der Waals surface area contributed by atoms with Gasteiger partial charge in [-0.2, -0.15) is 0 Å². The second-order valence-corrected chi connectivity index (χ2v) is 9.85. The third-order valence-electron chi connectivity index (χ3n) is 7.64. The number of para-hydroxylation sites is 1. The Balaban J connectivity index is 1.29. The van der Waals surface area contributed by atoms with Crippen molar-refractivity contribution in [3.05, 3.63) is 105 Å². The highest BCUT2D eigenvalue weighted by molar-refractivity contribution is 5.99. The van der Waals surface area contributed by atoms with Crippen molar-refractivity contribution in [2.24, 2.45) is 5.16 Å². The molecular formula is C31H23N3O5. The smallest absolute Gasteiger partial charge is 0.343 e. The number of oxime groups is 1. The van der Waals surface area contributed by atoms with Crippen molar-refractivity contribution in [1.29, 1.82) is 0 Å². The number of ether oxygens (including phenoxy) is 1. The van der Waals surface area contributed by atoms with E-state index in [0.717, 1.165) is 27.3 Å². The number of hydrogen-bond acceptors (Lipinski definition) is 7. The number of carbonyl (C=O) groups excluding carboxylic acids is 1. The van der Waals surface area contributed by atoms with Gasteiger partial charge in [0.25, 0.3) is 5.56 Å². The molecule has 2 aliphatic heterocycles. The van der Waals surface area contributed by atoms with Crippen LogP contribution in [-0.2, 0) is 28.3 Å². The largest absolute Gasteiger partial charge is 0.458 e. The zero-order valence-corrected chi connectivity index (χ0v) is 21.0. The number of aromatic nitrogens is 2. The quantitative estimate of drug-likeness (QED) is 0.208. The van der Waals surface area contributed by atoms with Gasteiger partial charge in [-0.15, -0.1) is 0 Å². The Hall–Kier alpha value is -4.82. The summed E-state index contributed by atoms with van der Waals surface area (Å²) in [6.45, 7) is 1.88. The molecule has 4 heterocycles. The second kappa shape index (κ2) is 8.61. The molecule has 0 bridgehead atoms. The number of esters is 1. The van der Waals surface area contributed by atoms with Crippen LogP contribution in [0, 0.1) is 0 Å². The molecule has 0 saturated carbocycles. The maximum atomic E-state index is 13.4. The van der Waals surface area contributed by atoms with Crippen molar-refractivity contribution < 1.29 is 19.5 Å². The van der Waals surface area contributed by atoms with Crippen molar-refractivity contribution in [3.63, 3.8) is 0 Å². The molecule has 39 heavy (non-hydrogen) atoms. The van der Waals surface area contributed by atoms with Crippen LogP contribution >= 0.6 is 0 Å². The minimum absolute atomic E-state index is 0.0948. The first-order chi connectivity index (χ1) is 19.0. The van der Waals surface area contributed by atoms with Gasteiger partial charge in [0, 0.05) is 22.1 Å². The lowest BCUT2D eigenvalue weighted by atomic mass is 9.86. The van der Waals surface area contributed by atoms with Crippen LogP contribution in [0.4, 0.5) is 0 Å². The number of nitrogens with zero attached hydrogens (tertiary/aromatic N) is 3. The molecule has 2 aromatic heterocycles. The monoisotopic (exact) mass is 517 g/mol. The molecule has 0 spiro atoms. The number of benzene rings is 3. The van der Waals surface area contributed by atoms with Crippen LogP contribution in [0.5, 0.6) is 5.75 Å². The van der Waals surface area contributed by atoms with Crippen molar-refractivity contribution in [1.82, 2.24) is 9.55 Å². The predicted molar refractivity (Wildman–Crippen MR) is 147 cm³/mol. The highest BCUT2D eigenvalue weighted by Gasteiger charge is 2.45. The third kappa shape index (κ3) is 3.56. The second-order valence-electron chi connectivity index (χ2n) is 9.85. The first kappa shape index (κ1) is 23.3. The number of pyridine rings is 2. The molecule has 192 valence electrons. The van der Waals surface area contributed by atoms with E-state index in [0.29, 0.717) is 40.3 Å². The summed E-state index contributed by atoms with van der Waals surface area (Å²) in [4.78, 5) is 36.4. The first-order valence-corrected chi connectivity index (χ1v) is 12.8. The summed E-state index contributed by atoms with van der Waals surface area (Å²) in [5.74, 6) is -0.115. The number of rotatable bonds is 4. The van der Waals surface area contributed by atoms with E-state index in [1.807, 2.05) is 66.7 Å². The highest BCUT2D eigenvalue weighted by Crippen LogP contribution is 2.38. The van der Waals surface area contributed by atoms with Gasteiger partial charge >= 0.3 is 5.97 Å². The summed E-state index contributed by atoms with van der Waals surface area (Å²) in [5, 5.41) is 18.4. The summed E-state index contributed by atoms with van der Waals surface area (Å²) in [6, 6.07) is 23.3. The van der Waals surface area contributed by atoms with Crippen LogP contribution in [0.15, 0.2) is 82.7 Å². The molecule has 5 aromatic rings. The Morgan fingerprint density at radius 2 is 1.87 bits per heavy atom. The molecule has 7 rings (SSSR count). The van der Waals surface area contributed by atoms with E-state index in [-0.39, 0.29) is 18.6 Å². The van der Waals surface area contributed by atoms with Gasteiger partial charge in [0.2, 0.25) is 0 Å². The van der Waals surface area contributed by atoms with E-state index in [2.05, 4.69) is 5.16 Å². The molecule has 1 N–H and O–H groups in total. The van der Waals surface area contributed by atoms with Gasteiger partial charge in [0.1, 0.15) is 6.61 Å². The molecule has 2 aliphatic rings. The van der Waals surface area contributed by atoms with Crippen molar-refractivity contribution in [2.75, 3.05) is 0 Å². The van der Waals surface area contributed by atoms with Gasteiger partial charge in [-0.3, -0.25) is 4.79 Å². The lowest BCUT2D eigenvalue weighted by Crippen LogP contribution is -2.44. The molecule has 8 nitrogen and oxygen atoms in total. The minimum Gasteiger partial charge on any atom is -0.458 e. The van der Waals surface area contributed by atoms with Crippen LogP contribution in [0.25, 0.3) is 33.1 Å². The molecule has 3 aromatic carbocycles. The van der Waals surface area contributed by atoms with Crippen LogP contribution in [0.2, 0.25) is 0 Å². The van der Waals surface area contributed by atoms with Gasteiger partial charge in [0.15, 0.2) is 11.4 Å². The van der Waals surface area contributed by atoms with E-state index < -0.39 is 11.6 Å². The SMILES string of the molecule is CC[C@@]1(O)C(=O)OCc2c1cc1n(c2=O)Cc2cc3cccc(/C=N/Oc4ccc5ccccc5c4)c3nc2-1. The van der Waals surface area contributed by atoms with Crippen LogP contribution < -0.4 is 10.4 Å². The molecule has 0 aliphatic carbocycles. The van der Waals surface area contributed by atoms with Gasteiger partial charge in [-0.25, -0.2) is 9.78 Å². The normalized spacial score (nSPS) is 17.7. The molecular weight excluding hydrogens is 494 g/mol. The number of hydrogen-bond donors (Lipinski definition) is 1. The Morgan fingerprint density at radius 1 is 1.05 bits per heavy atom. The van der Waals surface area contributed by atoms with E-state index in [1.54, 1.807) is 23.8 Å². The maximum absolute atomic E-state index is 13.4. The first-order valence-electron chi connectivity index (χ1n) is 12.8. The third-order valence-corrected chi connectivity index (χ3v) is 7.64. The zero-order valence-electron chi connectivity index (χ0n) is 21.0. The highest BCUT2D eigenvalue weighted by atomic mass is 16.6. The van der Waals surface area contributed by atoms with Crippen molar-refractivity contribution in [2.45, 2.75) is 32.1 Å². The average Bonchev–Trinajstić information content (AvgIpc) is 3.32. The number of fused-ring (bicyclic) bond motifs is 6. The van der Waals surface area contributed by atoms with Gasteiger partial charge < -0.3 is 19.2 Å². The maximum Gasteiger partial charge on any atom is 0.343 e. The fourth-order valence-electron chi connectivity index (χ4n) is 5.50. The Morgan fingerprint density at radius 3 is 2.72 bits per heavy atom. The summed E-state index contributed by atoms with van der Waals surface area (Å²) in [7, 11) is 0. The molecule has 0 radical (unpaired) electrons. The van der Waals surface area contributed by atoms with Crippen molar-refractivity contribution in [3.8, 4) is 17.1 Å². The average molecular weight is 518 g/mol. The van der Waals surface area contributed by atoms with Gasteiger partial charge in [-0.1, -0.05) is 60.6 Å². The van der Waals surface area contributed by atoms with Crippen molar-refractivity contribution >= 4 is 33.9 Å². The molecule has 0 amide bonds.